The molecular weight excluding hydrogens is 298 g/mol. The van der Waals surface area contributed by atoms with E-state index >= 15 is 0 Å². The average molecular weight is 312 g/mol. The number of fused-ring (bicyclic) bond motifs is 1. The molecule has 0 amide bonds. The molecule has 7 heteroatoms. The number of hydrogen-bond acceptors (Lipinski definition) is 4. The van der Waals surface area contributed by atoms with Crippen LogP contribution in [0, 0.1) is 0 Å². The third-order valence-electron chi connectivity index (χ3n) is 3.28. The van der Waals surface area contributed by atoms with E-state index in [1.165, 1.54) is 10.2 Å². The van der Waals surface area contributed by atoms with Crippen molar-refractivity contribution in [3.05, 3.63) is 35.0 Å². The van der Waals surface area contributed by atoms with Gasteiger partial charge in [0.25, 0.3) is 0 Å². The molecule has 0 aliphatic carbocycles. The van der Waals surface area contributed by atoms with Gasteiger partial charge < -0.3 is 5.32 Å². The second-order valence-corrected chi connectivity index (χ2v) is 7.05. The van der Waals surface area contributed by atoms with Gasteiger partial charge in [-0.05, 0) is 17.7 Å². The molecule has 0 bridgehead atoms. The average Bonchev–Trinajstić information content (AvgIpc) is 2.97. The van der Waals surface area contributed by atoms with Crippen LogP contribution in [0.5, 0.6) is 0 Å². The first-order valence-corrected chi connectivity index (χ1v) is 8.45. The number of nitrogens with one attached hydrogen (secondary N) is 1. The highest BCUT2D eigenvalue weighted by Gasteiger charge is 2.18. The fourth-order valence-corrected chi connectivity index (χ4v) is 3.56. The Balaban J connectivity index is 2.21. The molecule has 0 atom stereocenters. The highest BCUT2D eigenvalue weighted by Crippen LogP contribution is 2.30. The lowest BCUT2D eigenvalue weighted by atomic mass is 10.1. The number of aromatic nitrogens is 1. The Morgan fingerprint density at radius 3 is 2.90 bits per heavy atom. The molecule has 1 aliphatic heterocycles. The van der Waals surface area contributed by atoms with Crippen molar-refractivity contribution in [1.82, 2.24) is 9.29 Å². The minimum absolute atomic E-state index is 0.554. The first-order chi connectivity index (χ1) is 9.47. The van der Waals surface area contributed by atoms with Gasteiger partial charge in [0, 0.05) is 24.5 Å². The number of aliphatic imine (C=N–C) groups is 1. The number of nitrogens with zero attached hydrogens (tertiary/aromatic N) is 2. The van der Waals surface area contributed by atoms with E-state index in [9.17, 15) is 8.42 Å². The molecule has 1 aliphatic rings. The van der Waals surface area contributed by atoms with E-state index in [0.717, 1.165) is 29.9 Å². The van der Waals surface area contributed by atoms with Crippen LogP contribution in [-0.2, 0) is 16.4 Å². The number of benzene rings is 1. The molecule has 2 heterocycles. The second kappa shape index (κ2) is 4.79. The molecule has 0 fully saturated rings. The van der Waals surface area contributed by atoms with Crippen LogP contribution in [0.25, 0.3) is 10.9 Å². The first kappa shape index (κ1) is 13.5. The maximum absolute atomic E-state index is 11.9. The minimum atomic E-state index is -3.36. The smallest absolute Gasteiger partial charge is 0.236 e. The van der Waals surface area contributed by atoms with Crippen LogP contribution < -0.4 is 5.32 Å². The van der Waals surface area contributed by atoms with Crippen LogP contribution in [0.2, 0.25) is 5.02 Å². The summed E-state index contributed by atoms with van der Waals surface area (Å²) >= 11 is 6.24. The predicted octanol–water partition coefficient (Wildman–Crippen LogP) is 1.65. The number of hydrogen-bond donors (Lipinski definition) is 1. The van der Waals surface area contributed by atoms with E-state index in [4.69, 9.17) is 11.6 Å². The molecule has 1 N–H and O–H groups in total. The van der Waals surface area contributed by atoms with Crippen LogP contribution in [0.3, 0.4) is 0 Å². The highest BCUT2D eigenvalue weighted by atomic mass is 35.5. The van der Waals surface area contributed by atoms with E-state index in [0.29, 0.717) is 17.0 Å². The molecule has 0 unspecified atom stereocenters. The van der Waals surface area contributed by atoms with Crippen molar-refractivity contribution in [1.29, 1.82) is 0 Å². The van der Waals surface area contributed by atoms with Gasteiger partial charge in [0.15, 0.2) is 0 Å². The molecule has 5 nitrogen and oxygen atoms in total. The largest absolute Gasteiger partial charge is 0.372 e. The summed E-state index contributed by atoms with van der Waals surface area (Å²) in [7, 11) is -3.36. The Morgan fingerprint density at radius 2 is 2.25 bits per heavy atom. The number of halogens is 1. The van der Waals surface area contributed by atoms with Gasteiger partial charge in [-0.1, -0.05) is 17.7 Å². The summed E-state index contributed by atoms with van der Waals surface area (Å²) in [6.07, 6.45) is 3.37. The summed E-state index contributed by atoms with van der Waals surface area (Å²) in [5.74, 6) is 0.873. The number of rotatable bonds is 3. The summed E-state index contributed by atoms with van der Waals surface area (Å²) in [5.41, 5.74) is 1.47. The van der Waals surface area contributed by atoms with Gasteiger partial charge in [-0.3, -0.25) is 4.99 Å². The fourth-order valence-electron chi connectivity index (χ4n) is 2.44. The van der Waals surface area contributed by atoms with Gasteiger partial charge in [-0.15, -0.1) is 0 Å². The van der Waals surface area contributed by atoms with Crippen LogP contribution in [-0.4, -0.2) is 37.6 Å². The summed E-state index contributed by atoms with van der Waals surface area (Å²) < 4.78 is 25.0. The second-order valence-electron chi connectivity index (χ2n) is 4.78. The summed E-state index contributed by atoms with van der Waals surface area (Å²) in [6.45, 7) is 1.58. The molecule has 2 aromatic rings. The maximum Gasteiger partial charge on any atom is 0.236 e. The Morgan fingerprint density at radius 1 is 1.45 bits per heavy atom. The summed E-state index contributed by atoms with van der Waals surface area (Å²) in [6, 6.07) is 5.28. The maximum atomic E-state index is 11.9. The molecule has 0 radical (unpaired) electrons. The minimum Gasteiger partial charge on any atom is -0.372 e. The highest BCUT2D eigenvalue weighted by molar-refractivity contribution is 7.89. The molecular formula is C13H14ClN3O2S. The normalized spacial score (nSPS) is 15.4. The summed E-state index contributed by atoms with van der Waals surface area (Å²) in [5, 5.41) is 4.51. The monoisotopic (exact) mass is 311 g/mol. The zero-order valence-corrected chi connectivity index (χ0v) is 12.5. The van der Waals surface area contributed by atoms with Crippen molar-refractivity contribution in [2.75, 3.05) is 19.3 Å². The van der Waals surface area contributed by atoms with Crippen LogP contribution in [0.15, 0.2) is 29.4 Å². The van der Waals surface area contributed by atoms with Gasteiger partial charge in [0.1, 0.15) is 5.84 Å². The molecule has 0 spiro atoms. The molecule has 0 saturated heterocycles. The Labute approximate surface area is 122 Å². The molecule has 3 rings (SSSR count). The van der Waals surface area contributed by atoms with Crippen molar-refractivity contribution in [3.8, 4) is 0 Å². The fraction of sp³-hybridized carbons (Fsp3) is 0.308. The Kier molecular flexibility index (Phi) is 3.22. The molecule has 106 valence electrons. The van der Waals surface area contributed by atoms with Gasteiger partial charge >= 0.3 is 0 Å². The molecule has 1 aromatic carbocycles. The van der Waals surface area contributed by atoms with Crippen molar-refractivity contribution >= 4 is 38.4 Å². The van der Waals surface area contributed by atoms with Crippen molar-refractivity contribution in [3.63, 3.8) is 0 Å². The topological polar surface area (TPSA) is 63.5 Å². The lowest BCUT2D eigenvalue weighted by Gasteiger charge is -2.02. The molecule has 1 aromatic heterocycles. The lowest BCUT2D eigenvalue weighted by molar-refractivity contribution is 0.595. The third-order valence-corrected chi connectivity index (χ3v) is 4.61. The van der Waals surface area contributed by atoms with Crippen LogP contribution >= 0.6 is 11.6 Å². The molecule has 0 saturated carbocycles. The Bertz CT molecular complexity index is 808. The Hall–Kier alpha value is -1.53. The zero-order chi connectivity index (χ0) is 14.3. The van der Waals surface area contributed by atoms with E-state index in [-0.39, 0.29) is 0 Å². The number of amidine groups is 1. The third kappa shape index (κ3) is 2.29. The van der Waals surface area contributed by atoms with E-state index < -0.39 is 10.0 Å². The predicted molar refractivity (Wildman–Crippen MR) is 81.2 cm³/mol. The van der Waals surface area contributed by atoms with Crippen LogP contribution in [0.4, 0.5) is 0 Å². The van der Waals surface area contributed by atoms with Crippen molar-refractivity contribution in [2.45, 2.75) is 6.42 Å². The summed E-state index contributed by atoms with van der Waals surface area (Å²) in [4.78, 5) is 4.34. The van der Waals surface area contributed by atoms with E-state index in [2.05, 4.69) is 10.3 Å². The van der Waals surface area contributed by atoms with Gasteiger partial charge in [-0.25, -0.2) is 12.4 Å². The standard InChI is InChI=1S/C13H14ClN3O2S/c1-20(18,19)17-8-9(7-12-15-5-6-16-12)13-10(14)3-2-4-11(13)17/h2-4,8H,5-7H2,1H3,(H,15,16). The van der Waals surface area contributed by atoms with Crippen molar-refractivity contribution in [2.24, 2.45) is 4.99 Å². The molecule has 20 heavy (non-hydrogen) atoms. The van der Waals surface area contributed by atoms with Gasteiger partial charge in [0.05, 0.1) is 23.3 Å². The SMILES string of the molecule is CS(=O)(=O)n1cc(CC2=NCCN2)c2c(Cl)cccc21. The van der Waals surface area contributed by atoms with Gasteiger partial charge in [-0.2, -0.15) is 0 Å². The quantitative estimate of drug-likeness (QED) is 0.937. The van der Waals surface area contributed by atoms with E-state index in [1.54, 1.807) is 24.4 Å². The zero-order valence-electron chi connectivity index (χ0n) is 10.9. The lowest BCUT2D eigenvalue weighted by Crippen LogP contribution is -2.20. The van der Waals surface area contributed by atoms with Crippen LogP contribution in [0.1, 0.15) is 5.56 Å². The van der Waals surface area contributed by atoms with Crippen molar-refractivity contribution < 1.29 is 8.42 Å². The first-order valence-electron chi connectivity index (χ1n) is 6.23. The van der Waals surface area contributed by atoms with Gasteiger partial charge in [0.2, 0.25) is 10.0 Å². The van der Waals surface area contributed by atoms with E-state index in [1.807, 2.05) is 0 Å².